The smallest absolute Gasteiger partial charge is 0.780 e. The molecule has 23 heteroatoms. The minimum absolute atomic E-state index is 0. The van der Waals surface area contributed by atoms with Crippen LogP contribution < -0.4 is 51.4 Å². The maximum atomic E-state index is 15.0. The zero-order valence-corrected chi connectivity index (χ0v) is 67.2. The van der Waals surface area contributed by atoms with Crippen LogP contribution in [0.3, 0.4) is 0 Å². The van der Waals surface area contributed by atoms with Crippen molar-refractivity contribution in [2.75, 3.05) is 0 Å². The summed E-state index contributed by atoms with van der Waals surface area (Å²) in [5.74, 6) is -5.44. The van der Waals surface area contributed by atoms with Crippen molar-refractivity contribution in [3.05, 3.63) is 279 Å². The Kier molecular flexibility index (Phi) is 33.8. The fourth-order valence-electron chi connectivity index (χ4n) is 13.1. The van der Waals surface area contributed by atoms with Crippen LogP contribution in [-0.2, 0) is 83.5 Å². The van der Waals surface area contributed by atoms with Gasteiger partial charge in [-0.15, -0.1) is 0 Å². The number of carbonyl (C=O) groups excluding carboxylic acids is 4. The van der Waals surface area contributed by atoms with Crippen molar-refractivity contribution in [3.63, 3.8) is 0 Å². The largest absolute Gasteiger partial charge is 1.00 e. The molecule has 0 radical (unpaired) electrons. The van der Waals surface area contributed by atoms with Crippen LogP contribution in [0.4, 0.5) is 30.7 Å². The third kappa shape index (κ3) is 26.1. The number of esters is 1. The fraction of sp³-hybridized carbons (Fsp3) is 0.306. The van der Waals surface area contributed by atoms with E-state index in [1.165, 1.54) is 67.2 Å². The maximum absolute atomic E-state index is 15.0. The standard InChI is InChI=1S/C23H27FO4S.C20H21FO3S.C16H13FOS.C10H10F2O2.C10H8F2O.C6H6S.K/c1-23(2,3)28-21(25)13-12-16-8-7-9-17-14-19(15-20(24)22(16)17)29(26,27)18-10-5-4-6-11-18;1-14(22)10-11-15-6-5-7-16-12-18(13-19(21)20(15)16)25(23,24)17-8-3-2-4-9-17;17-14-10-13(19-12-6-2-1-3-7-12)9-11-5-4-8-15(18)16(11)14;11-8-4-7(5-9(12)6-8)2-1-3-10(13)14;11-7-4-6-2-1-3-9(13)10(6)8(12)5-7;7-6-4-2-1-3-5-6;/h4-6,10-11,14-16H,7-9,12-13H2,1-3H3;2-4,8-9,12-13,15H,5-7,10-11H2,1H3;1-3,6-7,9-10H,4-5,8H2;4-6H,1-3H2,(H,13,14);4-5H,1-3H2;1-5,7H;/q;;;;;;+1/p-1/t16-;15-;;;;;/m00...../s1. The van der Waals surface area contributed by atoms with Crippen molar-refractivity contribution in [3.8, 4) is 0 Å². The first kappa shape index (κ1) is 87.8. The number of benzene rings is 9. The summed E-state index contributed by atoms with van der Waals surface area (Å²) >= 11 is 6.34. The third-order valence-corrected chi connectivity index (χ3v) is 22.7. The van der Waals surface area contributed by atoms with E-state index in [4.69, 9.17) is 22.5 Å². The van der Waals surface area contributed by atoms with E-state index < -0.39 is 66.1 Å². The summed E-state index contributed by atoms with van der Waals surface area (Å²) in [7, 11) is -7.50. The first-order valence-corrected chi connectivity index (χ1v) is 39.5. The number of fused-ring (bicyclic) bond motifs is 4. The number of ketones is 3. The van der Waals surface area contributed by atoms with Gasteiger partial charge in [0.15, 0.2) is 11.6 Å². The van der Waals surface area contributed by atoms with Gasteiger partial charge in [-0.3, -0.25) is 19.2 Å². The molecule has 0 saturated carbocycles. The van der Waals surface area contributed by atoms with Crippen LogP contribution in [-0.4, -0.2) is 56.8 Å². The quantitative estimate of drug-likeness (QED) is 0.0418. The molecule has 0 amide bonds. The minimum Gasteiger partial charge on any atom is -0.780 e. The maximum Gasteiger partial charge on any atom is 1.00 e. The molecule has 0 aromatic heterocycles. The van der Waals surface area contributed by atoms with E-state index in [-0.39, 0.29) is 130 Å². The topological polar surface area (TPSA) is 183 Å². The number of hydrogen-bond donors (Lipinski definition) is 1. The second-order valence-corrected chi connectivity index (χ2v) is 32.8. The number of Topliss-reactive ketones (excluding diaryl/α,β-unsaturated/α-hetero) is 3. The fourth-order valence-corrected chi connectivity index (χ4v) is 16.9. The van der Waals surface area contributed by atoms with E-state index in [0.29, 0.717) is 98.4 Å². The van der Waals surface area contributed by atoms with Gasteiger partial charge in [0.2, 0.25) is 19.7 Å². The molecule has 2 atom stereocenters. The summed E-state index contributed by atoms with van der Waals surface area (Å²) in [4.78, 5) is 59.6. The molecule has 0 aliphatic heterocycles. The molecule has 564 valence electrons. The zero-order chi connectivity index (χ0) is 77.6. The van der Waals surface area contributed by atoms with Crippen molar-refractivity contribution in [2.24, 2.45) is 0 Å². The molecule has 13 rings (SSSR count). The first-order valence-electron chi connectivity index (χ1n) is 35.3. The second-order valence-electron chi connectivity index (χ2n) is 27.3. The molecule has 0 spiro atoms. The molecule has 0 unspecified atom stereocenters. The molecule has 11 nitrogen and oxygen atoms in total. The van der Waals surface area contributed by atoms with Crippen LogP contribution in [0.5, 0.6) is 0 Å². The SMILES string of the molecule is CC(=O)CC[C@@H]1CCCc2cc(S(=O)(=O)c3ccccc3)cc(F)c21.CC(C)(C)OC(=O)CC[C@@H]1CCCc2cc(S(=O)(=O)c3ccccc3)cc(F)c21.O=C(O)CCCc1cc(F)cc(F)c1.O=C1CCCc2cc(F)cc(F)c21.O=C1CCCc2cc(Sc3ccccc3)cc(F)c21.[K+].[S-]c1ccccc1. The average Bonchev–Trinajstić information content (AvgIpc) is 0.774. The molecule has 0 fully saturated rings. The number of aliphatic carboxylic acids is 1. The van der Waals surface area contributed by atoms with Gasteiger partial charge in [-0.05, 0) is 259 Å². The summed E-state index contributed by atoms with van der Waals surface area (Å²) in [5, 5.41) is 8.35. The van der Waals surface area contributed by atoms with Gasteiger partial charge in [0.05, 0.1) is 30.7 Å². The van der Waals surface area contributed by atoms with E-state index >= 15 is 4.39 Å². The molecule has 0 heterocycles. The second kappa shape index (κ2) is 41.5. The van der Waals surface area contributed by atoms with Crippen LogP contribution >= 0.6 is 11.8 Å². The van der Waals surface area contributed by atoms with E-state index in [1.807, 2.05) is 87.5 Å². The number of hydrogen-bond acceptors (Lipinski definition) is 12. The van der Waals surface area contributed by atoms with Gasteiger partial charge in [0.1, 0.15) is 52.1 Å². The van der Waals surface area contributed by atoms with Crippen LogP contribution in [0, 0.1) is 40.7 Å². The molecular formula is C85H84F7KO11S4. The average molecular weight is 1580 g/mol. The first-order chi connectivity index (χ1) is 50.9. The summed E-state index contributed by atoms with van der Waals surface area (Å²) < 4.78 is 152. The Morgan fingerprint density at radius 3 is 1.35 bits per heavy atom. The van der Waals surface area contributed by atoms with Gasteiger partial charge in [-0.1, -0.05) is 96.7 Å². The van der Waals surface area contributed by atoms with Crippen molar-refractivity contribution < 1.29 is 133 Å². The third-order valence-electron chi connectivity index (χ3n) is 17.9. The Morgan fingerprint density at radius 2 is 0.907 bits per heavy atom. The van der Waals surface area contributed by atoms with Crippen molar-refractivity contribution in [1.29, 1.82) is 0 Å². The number of carboxylic acid groups (broad SMARTS) is 1. The Labute approximate surface area is 680 Å². The van der Waals surface area contributed by atoms with Crippen LogP contribution in [0.15, 0.2) is 222 Å². The summed E-state index contributed by atoms with van der Waals surface area (Å²) in [6, 6.07) is 49.7. The Bertz CT molecular complexity index is 4820. The van der Waals surface area contributed by atoms with Gasteiger partial charge >= 0.3 is 63.3 Å². The van der Waals surface area contributed by atoms with Crippen LogP contribution in [0.1, 0.15) is 189 Å². The van der Waals surface area contributed by atoms with Gasteiger partial charge < -0.3 is 27.3 Å². The minimum atomic E-state index is -3.77. The number of halogens is 7. The molecule has 4 aliphatic rings. The predicted octanol–water partition coefficient (Wildman–Crippen LogP) is 17.6. The molecule has 1 N–H and O–H groups in total. The number of carbonyl (C=O) groups is 5. The molecular weight excluding hydrogens is 1500 g/mol. The van der Waals surface area contributed by atoms with E-state index in [0.717, 1.165) is 94.2 Å². The van der Waals surface area contributed by atoms with Gasteiger partial charge in [-0.25, -0.2) is 47.6 Å². The molecule has 108 heavy (non-hydrogen) atoms. The van der Waals surface area contributed by atoms with Crippen molar-refractivity contribution >= 4 is 73.4 Å². The Balaban J connectivity index is 0.000000188. The van der Waals surface area contributed by atoms with Crippen LogP contribution in [0.25, 0.3) is 0 Å². The van der Waals surface area contributed by atoms with E-state index in [9.17, 15) is 67.2 Å². The van der Waals surface area contributed by atoms with Crippen LogP contribution in [0.2, 0.25) is 0 Å². The normalized spacial score (nSPS) is 14.8. The molecule has 9 aromatic rings. The number of sulfone groups is 2. The van der Waals surface area contributed by atoms with Gasteiger partial charge in [0.25, 0.3) is 0 Å². The molecule has 4 aliphatic carbocycles. The number of carboxylic acids is 1. The number of aryl methyl sites for hydroxylation is 5. The monoisotopic (exact) mass is 1580 g/mol. The number of rotatable bonds is 16. The Morgan fingerprint density at radius 1 is 0.481 bits per heavy atom. The summed E-state index contributed by atoms with van der Waals surface area (Å²) in [6.45, 7) is 6.98. The summed E-state index contributed by atoms with van der Waals surface area (Å²) in [6.07, 6.45) is 10.9. The summed E-state index contributed by atoms with van der Waals surface area (Å²) in [5.41, 5.74) is 4.33. The molecule has 0 saturated heterocycles. The molecule has 0 bridgehead atoms. The number of ether oxygens (including phenoxy) is 1. The van der Waals surface area contributed by atoms with E-state index in [1.54, 1.807) is 48.5 Å². The van der Waals surface area contributed by atoms with Crippen molar-refractivity contribution in [1.82, 2.24) is 0 Å². The van der Waals surface area contributed by atoms with E-state index in [2.05, 4.69) is 0 Å². The Hall–Kier alpha value is -7.45. The van der Waals surface area contributed by atoms with Gasteiger partial charge in [-0.2, -0.15) is 4.90 Å². The molecule has 9 aromatic carbocycles. The van der Waals surface area contributed by atoms with Gasteiger partial charge in [0, 0.05) is 54.0 Å². The van der Waals surface area contributed by atoms with Crippen molar-refractivity contribution in [2.45, 2.75) is 201 Å². The zero-order valence-electron chi connectivity index (χ0n) is 60.8. The predicted molar refractivity (Wildman–Crippen MR) is 400 cm³/mol.